The highest BCUT2D eigenvalue weighted by Gasteiger charge is 2.19. The maximum absolute atomic E-state index is 13.2. The molecule has 3 aromatic carbocycles. The maximum Gasteiger partial charge on any atom is 0.281 e. The molecule has 4 rings (SSSR count). The third-order valence-corrected chi connectivity index (χ3v) is 5.34. The molecule has 4 aromatic rings. The van der Waals surface area contributed by atoms with Crippen LogP contribution in [0.15, 0.2) is 72.8 Å². The van der Waals surface area contributed by atoms with Gasteiger partial charge in [-0.05, 0) is 36.8 Å². The third kappa shape index (κ3) is 4.93. The van der Waals surface area contributed by atoms with Crippen molar-refractivity contribution in [1.82, 2.24) is 14.8 Å². The Morgan fingerprint density at radius 2 is 1.65 bits per heavy atom. The normalized spacial score (nSPS) is 10.7. The van der Waals surface area contributed by atoms with Gasteiger partial charge in [0.1, 0.15) is 0 Å². The van der Waals surface area contributed by atoms with E-state index in [-0.39, 0.29) is 17.2 Å². The smallest absolute Gasteiger partial charge is 0.281 e. The number of nitro benzene ring substituents is 1. The lowest BCUT2D eigenvalue weighted by Gasteiger charge is -2.13. The van der Waals surface area contributed by atoms with Crippen molar-refractivity contribution < 1.29 is 9.72 Å². The van der Waals surface area contributed by atoms with Crippen molar-refractivity contribution in [2.24, 2.45) is 0 Å². The first-order valence-electron chi connectivity index (χ1n) is 10.7. The fourth-order valence-corrected chi connectivity index (χ4v) is 3.33. The zero-order chi connectivity index (χ0) is 24.2. The Morgan fingerprint density at radius 1 is 1.00 bits per heavy atom. The Morgan fingerprint density at radius 3 is 2.24 bits per heavy atom. The first kappa shape index (κ1) is 22.7. The Labute approximate surface area is 196 Å². The second-order valence-electron chi connectivity index (χ2n) is 8.06. The molecule has 34 heavy (non-hydrogen) atoms. The van der Waals surface area contributed by atoms with E-state index < -0.39 is 10.8 Å². The first-order chi connectivity index (χ1) is 16.3. The molecule has 9 heteroatoms. The highest BCUT2D eigenvalue weighted by Crippen LogP contribution is 2.21. The second-order valence-corrected chi connectivity index (χ2v) is 8.06. The number of hydrogen-bond acceptors (Lipinski definition) is 7. The summed E-state index contributed by atoms with van der Waals surface area (Å²) in [6.07, 6.45) is 0. The minimum absolute atomic E-state index is 0.0880. The molecule has 172 valence electrons. The van der Waals surface area contributed by atoms with Gasteiger partial charge in [-0.1, -0.05) is 42.0 Å². The molecule has 0 radical (unpaired) electrons. The average molecular weight is 457 g/mol. The summed E-state index contributed by atoms with van der Waals surface area (Å²) in [6, 6.07) is 21.2. The number of carbonyl (C=O) groups excluding carboxylic acids is 1. The SMILES string of the molecule is Cc1ccc(-c2nc(NCc3ccc(N(C)C)cc3)n(C(=O)c3ccc([N+](=O)[O-])cc3)n2)cc1. The number of aromatic nitrogens is 3. The lowest BCUT2D eigenvalue weighted by Crippen LogP contribution is -2.17. The lowest BCUT2D eigenvalue weighted by atomic mass is 10.1. The predicted molar refractivity (Wildman–Crippen MR) is 131 cm³/mol. The van der Waals surface area contributed by atoms with Crippen molar-refractivity contribution in [1.29, 1.82) is 0 Å². The summed E-state index contributed by atoms with van der Waals surface area (Å²) in [5, 5.41) is 18.6. The number of rotatable bonds is 7. The molecule has 1 aromatic heterocycles. The van der Waals surface area contributed by atoms with Crippen LogP contribution in [0.5, 0.6) is 0 Å². The molecule has 0 bridgehead atoms. The zero-order valence-corrected chi connectivity index (χ0v) is 19.1. The van der Waals surface area contributed by atoms with Gasteiger partial charge in [0, 0.05) is 49.6 Å². The van der Waals surface area contributed by atoms with Crippen LogP contribution in [-0.4, -0.2) is 39.7 Å². The fourth-order valence-electron chi connectivity index (χ4n) is 3.33. The molecule has 0 fully saturated rings. The van der Waals surface area contributed by atoms with E-state index in [1.807, 2.05) is 74.4 Å². The lowest BCUT2D eigenvalue weighted by molar-refractivity contribution is -0.384. The quantitative estimate of drug-likeness (QED) is 0.322. The molecule has 0 aliphatic rings. The van der Waals surface area contributed by atoms with Gasteiger partial charge >= 0.3 is 0 Å². The predicted octanol–water partition coefficient (Wildman–Crippen LogP) is 4.53. The molecule has 1 heterocycles. The Bertz CT molecular complexity index is 1310. The number of nitrogens with one attached hydrogen (secondary N) is 1. The van der Waals surface area contributed by atoms with Crippen LogP contribution in [0.2, 0.25) is 0 Å². The van der Waals surface area contributed by atoms with Gasteiger partial charge in [0.05, 0.1) is 4.92 Å². The summed E-state index contributed by atoms with van der Waals surface area (Å²) in [5.74, 6) is 0.252. The van der Waals surface area contributed by atoms with Crippen molar-refractivity contribution in [3.8, 4) is 11.4 Å². The van der Waals surface area contributed by atoms with Gasteiger partial charge < -0.3 is 10.2 Å². The highest BCUT2D eigenvalue weighted by molar-refractivity contribution is 5.97. The van der Waals surface area contributed by atoms with Crippen LogP contribution in [-0.2, 0) is 6.54 Å². The molecule has 0 aliphatic carbocycles. The molecule has 0 amide bonds. The summed E-state index contributed by atoms with van der Waals surface area (Å²) >= 11 is 0. The van der Waals surface area contributed by atoms with Crippen molar-refractivity contribution >= 4 is 23.2 Å². The van der Waals surface area contributed by atoms with E-state index in [9.17, 15) is 14.9 Å². The monoisotopic (exact) mass is 456 g/mol. The largest absolute Gasteiger partial charge is 0.378 e. The molecule has 0 atom stereocenters. The molecule has 0 aliphatic heterocycles. The van der Waals surface area contributed by atoms with Gasteiger partial charge in [0.2, 0.25) is 5.95 Å². The van der Waals surface area contributed by atoms with Crippen molar-refractivity contribution in [3.63, 3.8) is 0 Å². The summed E-state index contributed by atoms with van der Waals surface area (Å²) in [7, 11) is 3.96. The van der Waals surface area contributed by atoms with Crippen molar-refractivity contribution in [2.75, 3.05) is 24.3 Å². The Kier molecular flexibility index (Phi) is 6.35. The summed E-state index contributed by atoms with van der Waals surface area (Å²) in [5.41, 5.74) is 4.16. The number of nitro groups is 1. The molecule has 1 N–H and O–H groups in total. The number of aryl methyl sites for hydroxylation is 1. The van der Waals surface area contributed by atoms with Crippen molar-refractivity contribution in [2.45, 2.75) is 13.5 Å². The number of non-ortho nitro benzene ring substituents is 1. The van der Waals surface area contributed by atoms with Crippen LogP contribution in [0, 0.1) is 17.0 Å². The number of anilines is 2. The van der Waals surface area contributed by atoms with Crippen LogP contribution in [0.1, 0.15) is 21.5 Å². The second kappa shape index (κ2) is 9.53. The summed E-state index contributed by atoms with van der Waals surface area (Å²) < 4.78 is 1.20. The van der Waals surface area contributed by atoms with Gasteiger partial charge in [-0.25, -0.2) is 0 Å². The molecule has 9 nitrogen and oxygen atoms in total. The molecular weight excluding hydrogens is 432 g/mol. The minimum Gasteiger partial charge on any atom is -0.378 e. The van der Waals surface area contributed by atoms with Crippen LogP contribution in [0.4, 0.5) is 17.3 Å². The third-order valence-electron chi connectivity index (χ3n) is 5.34. The van der Waals surface area contributed by atoms with Gasteiger partial charge in [-0.3, -0.25) is 14.9 Å². The van der Waals surface area contributed by atoms with E-state index in [2.05, 4.69) is 15.4 Å². The number of nitrogens with zero attached hydrogens (tertiary/aromatic N) is 5. The van der Waals surface area contributed by atoms with Gasteiger partial charge in [-0.2, -0.15) is 9.67 Å². The van der Waals surface area contributed by atoms with Gasteiger partial charge in [0.15, 0.2) is 5.82 Å². The summed E-state index contributed by atoms with van der Waals surface area (Å²) in [4.78, 5) is 30.3. The zero-order valence-electron chi connectivity index (χ0n) is 19.1. The summed E-state index contributed by atoms with van der Waals surface area (Å²) in [6.45, 7) is 2.43. The Balaban J connectivity index is 1.65. The van der Waals surface area contributed by atoms with Gasteiger partial charge in [-0.15, -0.1) is 5.10 Å². The van der Waals surface area contributed by atoms with Gasteiger partial charge in [0.25, 0.3) is 11.6 Å². The van der Waals surface area contributed by atoms with E-state index in [0.717, 1.165) is 22.4 Å². The van der Waals surface area contributed by atoms with Crippen LogP contribution >= 0.6 is 0 Å². The topological polar surface area (TPSA) is 106 Å². The fraction of sp³-hybridized carbons (Fsp3) is 0.160. The molecule has 0 saturated heterocycles. The molecule has 0 unspecified atom stereocenters. The van der Waals surface area contributed by atoms with E-state index >= 15 is 0 Å². The van der Waals surface area contributed by atoms with E-state index in [1.165, 1.54) is 28.9 Å². The first-order valence-corrected chi connectivity index (χ1v) is 10.7. The van der Waals surface area contributed by atoms with Crippen molar-refractivity contribution in [3.05, 3.63) is 99.6 Å². The number of carbonyl (C=O) groups is 1. The van der Waals surface area contributed by atoms with E-state index in [4.69, 9.17) is 0 Å². The van der Waals surface area contributed by atoms with Crippen LogP contribution in [0.3, 0.4) is 0 Å². The number of benzene rings is 3. The Hall–Kier alpha value is -4.53. The van der Waals surface area contributed by atoms with Crippen LogP contribution < -0.4 is 10.2 Å². The molecule has 0 spiro atoms. The minimum atomic E-state index is -0.506. The molecule has 0 saturated carbocycles. The average Bonchev–Trinajstić information content (AvgIpc) is 3.27. The number of hydrogen-bond donors (Lipinski definition) is 1. The van der Waals surface area contributed by atoms with Crippen LogP contribution in [0.25, 0.3) is 11.4 Å². The van der Waals surface area contributed by atoms with E-state index in [0.29, 0.717) is 12.4 Å². The highest BCUT2D eigenvalue weighted by atomic mass is 16.6. The standard InChI is InChI=1S/C25H24N6O3/c1-17-4-8-19(9-5-17)23-27-25(26-16-18-6-12-21(13-7-18)29(2)3)30(28-23)24(32)20-10-14-22(15-11-20)31(33)34/h4-15H,16H2,1-3H3,(H,26,27,28). The molecular formula is C25H24N6O3. The maximum atomic E-state index is 13.2. The van der Waals surface area contributed by atoms with E-state index in [1.54, 1.807) is 0 Å².